The van der Waals surface area contributed by atoms with Gasteiger partial charge in [0.2, 0.25) is 15.9 Å². The van der Waals surface area contributed by atoms with Gasteiger partial charge in [0.25, 0.3) is 5.91 Å². The van der Waals surface area contributed by atoms with E-state index in [-0.39, 0.29) is 19.4 Å². The van der Waals surface area contributed by atoms with Crippen LogP contribution in [0.25, 0.3) is 22.3 Å². The SMILES string of the molecule is C=CC1CC1(NC(=O)C1CC(Oc2cc(-c3ccccn3)nc3cc(OC)ccc23)CN1C(=O)OC(C)(C)C)C(=O)NS(=O)(=O)C1CC1. The van der Waals surface area contributed by atoms with E-state index in [4.69, 9.17) is 19.2 Å². The number of likely N-dealkylation sites (tertiary alicyclic amines) is 1. The summed E-state index contributed by atoms with van der Waals surface area (Å²) in [7, 11) is -2.29. The van der Waals surface area contributed by atoms with Crippen molar-refractivity contribution in [2.45, 2.75) is 75.0 Å². The molecule has 48 heavy (non-hydrogen) atoms. The van der Waals surface area contributed by atoms with Crippen molar-refractivity contribution in [1.29, 1.82) is 0 Å². The molecule has 0 radical (unpaired) electrons. The first-order valence-electron chi connectivity index (χ1n) is 15.8. The molecule has 3 fully saturated rings. The molecule has 1 aromatic carbocycles. The Morgan fingerprint density at radius 3 is 2.50 bits per heavy atom. The van der Waals surface area contributed by atoms with Gasteiger partial charge in [0, 0.05) is 36.1 Å². The van der Waals surface area contributed by atoms with Crippen LogP contribution < -0.4 is 19.5 Å². The number of rotatable bonds is 10. The van der Waals surface area contributed by atoms with Crippen molar-refractivity contribution < 1.29 is 37.0 Å². The van der Waals surface area contributed by atoms with Crippen LogP contribution in [-0.4, -0.2) is 83.4 Å². The van der Waals surface area contributed by atoms with Crippen LogP contribution in [0.3, 0.4) is 0 Å². The number of fused-ring (bicyclic) bond motifs is 1. The Labute approximate surface area is 279 Å². The van der Waals surface area contributed by atoms with Gasteiger partial charge >= 0.3 is 6.09 Å². The molecule has 2 saturated carbocycles. The molecule has 2 aliphatic carbocycles. The number of nitrogens with one attached hydrogen (secondary N) is 2. The number of ether oxygens (including phenoxy) is 3. The number of carbonyl (C=O) groups is 3. The van der Waals surface area contributed by atoms with Crippen molar-refractivity contribution in [3.05, 3.63) is 61.3 Å². The Morgan fingerprint density at radius 2 is 1.88 bits per heavy atom. The van der Waals surface area contributed by atoms with E-state index in [2.05, 4.69) is 21.6 Å². The van der Waals surface area contributed by atoms with E-state index in [9.17, 15) is 22.8 Å². The van der Waals surface area contributed by atoms with E-state index in [1.165, 1.54) is 11.0 Å². The summed E-state index contributed by atoms with van der Waals surface area (Å²) in [5.74, 6) is -0.858. The highest BCUT2D eigenvalue weighted by Gasteiger charge is 2.62. The number of carbonyl (C=O) groups excluding carboxylic acids is 3. The number of hydrogen-bond donors (Lipinski definition) is 2. The summed E-state index contributed by atoms with van der Waals surface area (Å²) >= 11 is 0. The Hall–Kier alpha value is -4.72. The molecule has 3 heterocycles. The third-order valence-corrected chi connectivity index (χ3v) is 10.5. The molecule has 2 N–H and O–H groups in total. The van der Waals surface area contributed by atoms with E-state index in [1.54, 1.807) is 58.3 Å². The van der Waals surface area contributed by atoms with Crippen LogP contribution in [0.1, 0.15) is 46.5 Å². The molecule has 0 bridgehead atoms. The maximum absolute atomic E-state index is 14.0. The average molecular weight is 678 g/mol. The zero-order valence-corrected chi connectivity index (χ0v) is 28.1. The van der Waals surface area contributed by atoms with Crippen LogP contribution in [0.4, 0.5) is 4.79 Å². The number of nitrogens with zero attached hydrogens (tertiary/aromatic N) is 3. The largest absolute Gasteiger partial charge is 0.497 e. The topological polar surface area (TPSA) is 166 Å². The van der Waals surface area contributed by atoms with Crippen molar-refractivity contribution in [2.75, 3.05) is 13.7 Å². The third kappa shape index (κ3) is 6.80. The van der Waals surface area contributed by atoms with Gasteiger partial charge in [0.15, 0.2) is 0 Å². The number of hydrogen-bond acceptors (Lipinski definition) is 10. The Balaban J connectivity index is 1.29. The van der Waals surface area contributed by atoms with Crippen molar-refractivity contribution in [1.82, 2.24) is 24.9 Å². The van der Waals surface area contributed by atoms with Gasteiger partial charge in [0.05, 0.1) is 35.8 Å². The molecule has 3 amide bonds. The minimum atomic E-state index is -3.86. The minimum absolute atomic E-state index is 0.00599. The number of benzene rings is 1. The molecule has 4 unspecified atom stereocenters. The molecule has 0 spiro atoms. The van der Waals surface area contributed by atoms with Crippen molar-refractivity contribution in [3.8, 4) is 22.9 Å². The quantitative estimate of drug-likeness (QED) is 0.302. The van der Waals surface area contributed by atoms with Crippen LogP contribution in [0, 0.1) is 5.92 Å². The van der Waals surface area contributed by atoms with Crippen LogP contribution in [0.5, 0.6) is 11.5 Å². The van der Waals surface area contributed by atoms with E-state index >= 15 is 0 Å². The molecule has 3 aromatic rings. The number of aromatic nitrogens is 2. The van der Waals surface area contributed by atoms with Gasteiger partial charge in [-0.05, 0) is 64.3 Å². The van der Waals surface area contributed by atoms with Crippen molar-refractivity contribution >= 4 is 38.8 Å². The summed E-state index contributed by atoms with van der Waals surface area (Å²) in [5, 5.41) is 2.84. The number of pyridine rings is 2. The summed E-state index contributed by atoms with van der Waals surface area (Å²) in [6.45, 7) is 8.92. The second-order valence-electron chi connectivity index (χ2n) is 13.4. The maximum Gasteiger partial charge on any atom is 0.411 e. The predicted molar refractivity (Wildman–Crippen MR) is 177 cm³/mol. The molecule has 2 aromatic heterocycles. The van der Waals surface area contributed by atoms with Crippen LogP contribution in [-0.2, 0) is 24.3 Å². The Bertz CT molecular complexity index is 1880. The number of methoxy groups -OCH3 is 1. The molecule has 1 saturated heterocycles. The molecule has 13 nitrogen and oxygen atoms in total. The zero-order valence-electron chi connectivity index (χ0n) is 27.3. The molecular formula is C34H39N5O8S. The standard InChI is InChI=1S/C34H39N5O8S/c1-6-20-18-34(20,31(41)38-48(43,44)23-11-12-23)37-30(40)28-16-22(19-39(28)32(42)47-33(2,3)4)46-29-17-27(25-9-7-8-14-35-25)36-26-15-21(45-5)10-13-24(26)29/h6-10,13-15,17,20,22-23,28H,1,11-12,16,18-19H2,2-5H3,(H,37,40)(H,38,41). The average Bonchev–Trinajstić information content (AvgIpc) is 3.97. The highest BCUT2D eigenvalue weighted by Crippen LogP contribution is 2.45. The first-order valence-corrected chi connectivity index (χ1v) is 17.3. The molecule has 1 aliphatic heterocycles. The van der Waals surface area contributed by atoms with Gasteiger partial charge in [-0.25, -0.2) is 18.2 Å². The lowest BCUT2D eigenvalue weighted by Crippen LogP contribution is -2.56. The maximum atomic E-state index is 14.0. The lowest BCUT2D eigenvalue weighted by atomic mass is 10.1. The van der Waals surface area contributed by atoms with Gasteiger partial charge in [-0.1, -0.05) is 12.1 Å². The molecular weight excluding hydrogens is 638 g/mol. The highest BCUT2D eigenvalue weighted by atomic mass is 32.2. The van der Waals surface area contributed by atoms with E-state index in [0.717, 1.165) is 0 Å². The fraction of sp³-hybridized carbons (Fsp3) is 0.441. The molecule has 3 aliphatic rings. The highest BCUT2D eigenvalue weighted by molar-refractivity contribution is 7.91. The van der Waals surface area contributed by atoms with Gasteiger partial charge < -0.3 is 19.5 Å². The summed E-state index contributed by atoms with van der Waals surface area (Å²) in [6, 6.07) is 11.6. The van der Waals surface area contributed by atoms with Crippen LogP contribution in [0.2, 0.25) is 0 Å². The smallest absolute Gasteiger partial charge is 0.411 e. The second-order valence-corrected chi connectivity index (χ2v) is 15.4. The fourth-order valence-electron chi connectivity index (χ4n) is 5.90. The number of sulfonamides is 1. The summed E-state index contributed by atoms with van der Waals surface area (Å²) < 4.78 is 44.9. The van der Waals surface area contributed by atoms with Crippen molar-refractivity contribution in [2.24, 2.45) is 5.92 Å². The Kier molecular flexibility index (Phi) is 8.56. The monoisotopic (exact) mass is 677 g/mol. The first-order chi connectivity index (χ1) is 22.7. The fourth-order valence-corrected chi connectivity index (χ4v) is 7.26. The van der Waals surface area contributed by atoms with E-state index in [0.29, 0.717) is 46.6 Å². The van der Waals surface area contributed by atoms with E-state index in [1.807, 2.05) is 18.2 Å². The van der Waals surface area contributed by atoms with E-state index < -0.39 is 62.4 Å². The lowest BCUT2D eigenvalue weighted by Gasteiger charge is -2.29. The molecule has 6 rings (SSSR count). The van der Waals surface area contributed by atoms with Gasteiger partial charge in [0.1, 0.15) is 34.8 Å². The predicted octanol–water partition coefficient (Wildman–Crippen LogP) is 3.73. The van der Waals surface area contributed by atoms with Gasteiger partial charge in [-0.2, -0.15) is 0 Å². The zero-order chi connectivity index (χ0) is 34.4. The molecule has 14 heteroatoms. The third-order valence-electron chi connectivity index (χ3n) is 8.64. The normalized spacial score (nSPS) is 23.7. The van der Waals surface area contributed by atoms with Gasteiger partial charge in [-0.15, -0.1) is 6.58 Å². The minimum Gasteiger partial charge on any atom is -0.497 e. The van der Waals surface area contributed by atoms with Crippen LogP contribution in [0.15, 0.2) is 61.3 Å². The van der Waals surface area contributed by atoms with Gasteiger partial charge in [-0.3, -0.25) is 24.2 Å². The summed E-state index contributed by atoms with van der Waals surface area (Å²) in [4.78, 5) is 51.2. The number of amides is 3. The summed E-state index contributed by atoms with van der Waals surface area (Å²) in [5.41, 5.74) is -0.572. The first kappa shape index (κ1) is 33.2. The Morgan fingerprint density at radius 1 is 1.10 bits per heavy atom. The van der Waals surface area contributed by atoms with Crippen molar-refractivity contribution in [3.63, 3.8) is 0 Å². The lowest BCUT2D eigenvalue weighted by molar-refractivity contribution is -0.131. The molecule has 254 valence electrons. The second kappa shape index (κ2) is 12.4. The van der Waals surface area contributed by atoms with Crippen LogP contribution >= 0.6 is 0 Å². The summed E-state index contributed by atoms with van der Waals surface area (Å²) in [6.07, 6.45) is 2.99. The molecule has 4 atom stereocenters.